The second-order valence-corrected chi connectivity index (χ2v) is 10.1. The summed E-state index contributed by atoms with van der Waals surface area (Å²) in [5, 5.41) is 12.7. The van der Waals surface area contributed by atoms with Crippen molar-refractivity contribution in [3.8, 4) is 0 Å². The summed E-state index contributed by atoms with van der Waals surface area (Å²) >= 11 is 1.66. The molecule has 1 unspecified atom stereocenters. The molecule has 0 bridgehead atoms. The SMILES string of the molecule is CC(C)=CCCC(C)=CCCC(=CCSCC(NC1=CN=C(C)C1)C(=O)O)CC=C(C)C. The Morgan fingerprint density at radius 1 is 1.09 bits per heavy atom. The minimum absolute atomic E-state index is 0.529. The molecule has 5 heteroatoms. The summed E-state index contributed by atoms with van der Waals surface area (Å²) in [7, 11) is 0. The van der Waals surface area contributed by atoms with Gasteiger partial charge in [0.15, 0.2) is 0 Å². The highest BCUT2D eigenvalue weighted by molar-refractivity contribution is 7.99. The Kier molecular flexibility index (Phi) is 13.8. The fourth-order valence-corrected chi connectivity index (χ4v) is 4.17. The number of thioether (sulfide) groups is 1. The molecule has 4 nitrogen and oxygen atoms in total. The van der Waals surface area contributed by atoms with Crippen LogP contribution in [0.4, 0.5) is 0 Å². The van der Waals surface area contributed by atoms with Gasteiger partial charge in [-0.1, -0.05) is 46.6 Å². The van der Waals surface area contributed by atoms with Gasteiger partial charge in [-0.2, -0.15) is 11.8 Å². The molecule has 0 aromatic rings. The number of hydrogen-bond donors (Lipinski definition) is 2. The van der Waals surface area contributed by atoms with Crippen LogP contribution in [0, 0.1) is 0 Å². The maximum atomic E-state index is 11.6. The van der Waals surface area contributed by atoms with Crippen LogP contribution in [0.15, 0.2) is 63.5 Å². The Morgan fingerprint density at radius 3 is 2.38 bits per heavy atom. The summed E-state index contributed by atoms with van der Waals surface area (Å²) in [6, 6.07) is -0.589. The number of nitrogens with one attached hydrogen (secondary N) is 1. The molecule has 1 atom stereocenters. The fourth-order valence-electron chi connectivity index (χ4n) is 3.22. The molecule has 1 aliphatic rings. The van der Waals surface area contributed by atoms with Crippen molar-refractivity contribution in [1.29, 1.82) is 0 Å². The third-order valence-electron chi connectivity index (χ3n) is 5.14. The largest absolute Gasteiger partial charge is 0.480 e. The van der Waals surface area contributed by atoms with Crippen LogP contribution < -0.4 is 5.32 Å². The molecule has 0 saturated carbocycles. The van der Waals surface area contributed by atoms with Gasteiger partial charge < -0.3 is 10.4 Å². The second kappa shape index (κ2) is 15.7. The zero-order valence-corrected chi connectivity index (χ0v) is 21.6. The van der Waals surface area contributed by atoms with Gasteiger partial charge >= 0.3 is 5.97 Å². The highest BCUT2D eigenvalue weighted by atomic mass is 32.2. The normalized spacial score (nSPS) is 15.1. The molecule has 0 aliphatic carbocycles. The average Bonchev–Trinajstić information content (AvgIpc) is 3.11. The zero-order chi connectivity index (χ0) is 23.9. The molecule has 0 fully saturated rings. The number of rotatable bonds is 15. The quantitative estimate of drug-likeness (QED) is 0.201. The van der Waals surface area contributed by atoms with Crippen molar-refractivity contribution in [1.82, 2.24) is 5.32 Å². The van der Waals surface area contributed by atoms with E-state index in [2.05, 4.69) is 69.2 Å². The maximum absolute atomic E-state index is 11.6. The Bertz CT molecular complexity index is 792. The predicted octanol–water partition coefficient (Wildman–Crippen LogP) is 7.22. The van der Waals surface area contributed by atoms with Gasteiger partial charge in [0.1, 0.15) is 6.04 Å². The number of aliphatic imine (C=N–C) groups is 1. The van der Waals surface area contributed by atoms with Crippen LogP contribution in [0.1, 0.15) is 80.1 Å². The molecule has 1 rings (SSSR count). The lowest BCUT2D eigenvalue weighted by atomic mass is 10.0. The number of allylic oxidation sites excluding steroid dienone is 8. The number of carbonyl (C=O) groups is 1. The van der Waals surface area contributed by atoms with Gasteiger partial charge in [0.2, 0.25) is 0 Å². The van der Waals surface area contributed by atoms with Gasteiger partial charge in [0.05, 0.1) is 0 Å². The van der Waals surface area contributed by atoms with E-state index in [1.807, 2.05) is 6.92 Å². The molecule has 0 aromatic heterocycles. The van der Waals surface area contributed by atoms with E-state index in [0.29, 0.717) is 12.2 Å². The predicted molar refractivity (Wildman–Crippen MR) is 141 cm³/mol. The standard InChI is InChI=1S/C27H42N2O2S/c1-20(2)9-7-10-22(5)11-8-12-24(14-13-21(3)4)15-16-32-19-26(27(30)31)29-25-17-23(6)28-18-25/h9,11,13,15,18,26,29H,7-8,10,12,14,16-17,19H2,1-6H3,(H,30,31). The summed E-state index contributed by atoms with van der Waals surface area (Å²) in [5.74, 6) is 0.543. The van der Waals surface area contributed by atoms with E-state index in [1.165, 1.54) is 22.3 Å². The smallest absolute Gasteiger partial charge is 0.326 e. The average molecular weight is 459 g/mol. The van der Waals surface area contributed by atoms with E-state index in [4.69, 9.17) is 0 Å². The lowest BCUT2D eigenvalue weighted by molar-refractivity contribution is -0.138. The van der Waals surface area contributed by atoms with Crippen LogP contribution in [0.25, 0.3) is 0 Å². The summed E-state index contributed by atoms with van der Waals surface area (Å²) in [4.78, 5) is 15.8. The molecule has 0 amide bonds. The topological polar surface area (TPSA) is 61.7 Å². The number of hydrogen-bond acceptors (Lipinski definition) is 4. The van der Waals surface area contributed by atoms with Gasteiger partial charge in [-0.3, -0.25) is 4.99 Å². The molecule has 178 valence electrons. The zero-order valence-electron chi connectivity index (χ0n) is 20.8. The first-order valence-corrected chi connectivity index (χ1v) is 12.7. The third-order valence-corrected chi connectivity index (χ3v) is 6.11. The Balaban J connectivity index is 2.54. The van der Waals surface area contributed by atoms with Crippen molar-refractivity contribution in [3.63, 3.8) is 0 Å². The van der Waals surface area contributed by atoms with Crippen LogP contribution in [-0.4, -0.2) is 34.3 Å². The summed E-state index contributed by atoms with van der Waals surface area (Å²) < 4.78 is 0. The molecule has 0 spiro atoms. The van der Waals surface area contributed by atoms with E-state index in [0.717, 1.165) is 49.3 Å². The monoisotopic (exact) mass is 458 g/mol. The Labute approximate surface area is 199 Å². The number of nitrogens with zero attached hydrogens (tertiary/aromatic N) is 1. The molecule has 0 saturated heterocycles. The molecule has 0 radical (unpaired) electrons. The molecule has 1 heterocycles. The van der Waals surface area contributed by atoms with E-state index >= 15 is 0 Å². The van der Waals surface area contributed by atoms with Crippen molar-refractivity contribution in [2.24, 2.45) is 4.99 Å². The van der Waals surface area contributed by atoms with Crippen molar-refractivity contribution >= 4 is 23.4 Å². The van der Waals surface area contributed by atoms with Crippen LogP contribution in [0.2, 0.25) is 0 Å². The highest BCUT2D eigenvalue weighted by Gasteiger charge is 2.19. The van der Waals surface area contributed by atoms with Gasteiger partial charge in [-0.05, 0) is 73.6 Å². The summed E-state index contributed by atoms with van der Waals surface area (Å²) in [6.07, 6.45) is 17.0. The van der Waals surface area contributed by atoms with Crippen LogP contribution >= 0.6 is 11.8 Å². The second-order valence-electron chi connectivity index (χ2n) is 9.03. The summed E-state index contributed by atoms with van der Waals surface area (Å²) in [5.41, 5.74) is 7.49. The molecule has 1 aliphatic heterocycles. The lowest BCUT2D eigenvalue weighted by Gasteiger charge is -2.15. The minimum atomic E-state index is -0.814. The maximum Gasteiger partial charge on any atom is 0.326 e. The molecule has 2 N–H and O–H groups in total. The van der Waals surface area contributed by atoms with Gasteiger partial charge in [-0.25, -0.2) is 4.79 Å². The number of aliphatic carboxylic acids is 1. The van der Waals surface area contributed by atoms with Gasteiger partial charge in [0, 0.05) is 35.5 Å². The number of carboxylic acid groups (broad SMARTS) is 1. The van der Waals surface area contributed by atoms with E-state index in [-0.39, 0.29) is 0 Å². The van der Waals surface area contributed by atoms with Crippen LogP contribution in [0.5, 0.6) is 0 Å². The van der Waals surface area contributed by atoms with Crippen molar-refractivity contribution < 1.29 is 9.90 Å². The number of carboxylic acids is 1. The van der Waals surface area contributed by atoms with Crippen molar-refractivity contribution in [2.75, 3.05) is 11.5 Å². The Morgan fingerprint density at radius 2 is 1.78 bits per heavy atom. The van der Waals surface area contributed by atoms with Gasteiger partial charge in [-0.15, -0.1) is 0 Å². The molecular weight excluding hydrogens is 416 g/mol. The van der Waals surface area contributed by atoms with Crippen molar-refractivity contribution in [2.45, 2.75) is 86.1 Å². The fraction of sp³-hybridized carbons (Fsp3) is 0.556. The third kappa shape index (κ3) is 13.4. The lowest BCUT2D eigenvalue weighted by Crippen LogP contribution is -2.38. The van der Waals surface area contributed by atoms with Crippen LogP contribution in [-0.2, 0) is 4.79 Å². The summed E-state index contributed by atoms with van der Waals surface area (Å²) in [6.45, 7) is 12.7. The first-order chi connectivity index (χ1) is 15.2. The molecule has 0 aromatic carbocycles. The highest BCUT2D eigenvalue weighted by Crippen LogP contribution is 2.18. The first kappa shape index (κ1) is 28.0. The first-order valence-electron chi connectivity index (χ1n) is 11.6. The van der Waals surface area contributed by atoms with E-state index in [9.17, 15) is 9.90 Å². The van der Waals surface area contributed by atoms with E-state index < -0.39 is 12.0 Å². The van der Waals surface area contributed by atoms with E-state index in [1.54, 1.807) is 18.0 Å². The van der Waals surface area contributed by atoms with Gasteiger partial charge in [0.25, 0.3) is 0 Å². The Hall–Kier alpha value is -2.01. The van der Waals surface area contributed by atoms with Crippen LogP contribution in [0.3, 0.4) is 0 Å². The van der Waals surface area contributed by atoms with Crippen molar-refractivity contribution in [3.05, 3.63) is 58.5 Å². The molecular formula is C27H42N2O2S. The minimum Gasteiger partial charge on any atom is -0.480 e. The molecule has 32 heavy (non-hydrogen) atoms.